The zero-order valence-electron chi connectivity index (χ0n) is 14.8. The molecule has 27 heavy (non-hydrogen) atoms. The molecular formula is C18H20BClN2O4S. The highest BCUT2D eigenvalue weighted by Crippen LogP contribution is 2.30. The Labute approximate surface area is 165 Å². The topological polar surface area (TPSA) is 89.9 Å². The summed E-state index contributed by atoms with van der Waals surface area (Å²) in [6.45, 7) is 0. The minimum atomic E-state index is -3.86. The van der Waals surface area contributed by atoms with E-state index in [9.17, 15) is 18.5 Å². The maximum atomic E-state index is 12.9. The molecule has 0 atom stereocenters. The number of nitrogens with zero attached hydrogens (tertiary/aromatic N) is 1. The average Bonchev–Trinajstić information content (AvgIpc) is 2.60. The van der Waals surface area contributed by atoms with Gasteiger partial charge in [0, 0.05) is 36.2 Å². The molecule has 0 heterocycles. The van der Waals surface area contributed by atoms with Crippen LogP contribution in [-0.4, -0.2) is 39.7 Å². The normalized spacial score (nSPS) is 11.0. The fourth-order valence-electron chi connectivity index (χ4n) is 2.86. The summed E-state index contributed by atoms with van der Waals surface area (Å²) in [7, 11) is -1.72. The van der Waals surface area contributed by atoms with E-state index in [0.29, 0.717) is 5.39 Å². The number of hydrogen-bond donors (Lipinski definition) is 3. The van der Waals surface area contributed by atoms with Gasteiger partial charge in [0.05, 0.1) is 4.90 Å². The fraction of sp³-hybridized carbons (Fsp3) is 0.111. The Kier molecular flexibility index (Phi) is 6.38. The minimum Gasteiger partial charge on any atom is -0.423 e. The maximum absolute atomic E-state index is 12.9. The Morgan fingerprint density at radius 2 is 1.56 bits per heavy atom. The van der Waals surface area contributed by atoms with Gasteiger partial charge in [0.15, 0.2) is 0 Å². The molecule has 3 N–H and O–H groups in total. The Morgan fingerprint density at radius 3 is 2.22 bits per heavy atom. The molecule has 0 spiro atoms. The van der Waals surface area contributed by atoms with E-state index >= 15 is 0 Å². The van der Waals surface area contributed by atoms with Crippen molar-refractivity contribution in [3.8, 4) is 0 Å². The molecule has 0 aliphatic rings. The Morgan fingerprint density at radius 1 is 0.926 bits per heavy atom. The van der Waals surface area contributed by atoms with Crippen molar-refractivity contribution in [3.05, 3.63) is 60.7 Å². The lowest BCUT2D eigenvalue weighted by atomic mass is 9.80. The summed E-state index contributed by atoms with van der Waals surface area (Å²) in [5.41, 5.74) is 1.39. The van der Waals surface area contributed by atoms with Crippen LogP contribution in [0.15, 0.2) is 65.6 Å². The van der Waals surface area contributed by atoms with Gasteiger partial charge in [-0.2, -0.15) is 0 Å². The Hall–Kier alpha value is -2.26. The number of halogens is 1. The standard InChI is InChI=1S/C18H19BN2O4S.ClH/c1-21(2)17-10-4-9-16-15(17)8-5-11-18(16)26(24,25)20-14-7-3-6-13(12-14)19(22)23;/h3-12,20,22-23H,1-2H3;1H. The quantitative estimate of drug-likeness (QED) is 0.562. The van der Waals surface area contributed by atoms with Gasteiger partial charge in [0.1, 0.15) is 0 Å². The smallest absolute Gasteiger partial charge is 0.423 e. The van der Waals surface area contributed by atoms with E-state index in [1.165, 1.54) is 12.1 Å². The lowest BCUT2D eigenvalue weighted by molar-refractivity contribution is 0.426. The molecule has 0 amide bonds. The van der Waals surface area contributed by atoms with Gasteiger partial charge < -0.3 is 14.9 Å². The van der Waals surface area contributed by atoms with Crippen LogP contribution in [0.25, 0.3) is 10.8 Å². The summed E-state index contributed by atoms with van der Waals surface area (Å²) in [5.74, 6) is 0. The fourth-order valence-corrected chi connectivity index (χ4v) is 4.13. The molecule has 0 saturated heterocycles. The molecule has 3 rings (SSSR count). The molecule has 0 unspecified atom stereocenters. The number of anilines is 2. The van der Waals surface area contributed by atoms with Gasteiger partial charge in [-0.05, 0) is 29.7 Å². The monoisotopic (exact) mass is 406 g/mol. The molecule has 0 aliphatic carbocycles. The van der Waals surface area contributed by atoms with E-state index in [1.54, 1.807) is 30.3 Å². The summed E-state index contributed by atoms with van der Waals surface area (Å²) in [6, 6.07) is 16.7. The SMILES string of the molecule is CN(C)c1cccc2c(S(=O)(=O)Nc3cccc(B(O)O)c3)cccc12.Cl. The molecule has 9 heteroatoms. The van der Waals surface area contributed by atoms with Crippen LogP contribution in [0.4, 0.5) is 11.4 Å². The highest BCUT2D eigenvalue weighted by molar-refractivity contribution is 7.93. The third kappa shape index (κ3) is 4.36. The molecule has 6 nitrogen and oxygen atoms in total. The molecule has 0 bridgehead atoms. The van der Waals surface area contributed by atoms with E-state index in [2.05, 4.69) is 4.72 Å². The second-order valence-corrected chi connectivity index (χ2v) is 7.78. The zero-order chi connectivity index (χ0) is 18.9. The molecular weight excluding hydrogens is 387 g/mol. The van der Waals surface area contributed by atoms with Crippen LogP contribution in [0.1, 0.15) is 0 Å². The lowest BCUT2D eigenvalue weighted by Gasteiger charge is -2.17. The molecule has 0 saturated carbocycles. The van der Waals surface area contributed by atoms with Crippen molar-refractivity contribution in [2.75, 3.05) is 23.7 Å². The Bertz CT molecular complexity index is 1060. The van der Waals surface area contributed by atoms with Crippen LogP contribution in [0.5, 0.6) is 0 Å². The number of rotatable bonds is 5. The highest BCUT2D eigenvalue weighted by Gasteiger charge is 2.19. The van der Waals surface area contributed by atoms with E-state index in [4.69, 9.17) is 0 Å². The van der Waals surface area contributed by atoms with Gasteiger partial charge in [-0.25, -0.2) is 8.42 Å². The van der Waals surface area contributed by atoms with E-state index in [-0.39, 0.29) is 28.5 Å². The molecule has 3 aromatic rings. The van der Waals surface area contributed by atoms with Crippen LogP contribution in [0.3, 0.4) is 0 Å². The average molecular weight is 407 g/mol. The first-order valence-corrected chi connectivity index (χ1v) is 9.46. The first-order valence-electron chi connectivity index (χ1n) is 7.97. The molecule has 142 valence electrons. The van der Waals surface area contributed by atoms with Crippen LogP contribution in [0, 0.1) is 0 Å². The summed E-state index contributed by atoms with van der Waals surface area (Å²) >= 11 is 0. The summed E-state index contributed by atoms with van der Waals surface area (Å²) in [5, 5.41) is 20.0. The van der Waals surface area contributed by atoms with Gasteiger partial charge in [-0.15, -0.1) is 12.4 Å². The lowest BCUT2D eigenvalue weighted by Crippen LogP contribution is -2.30. The maximum Gasteiger partial charge on any atom is 0.488 e. The van der Waals surface area contributed by atoms with Gasteiger partial charge in [0.25, 0.3) is 10.0 Å². The predicted molar refractivity (Wildman–Crippen MR) is 113 cm³/mol. The second-order valence-electron chi connectivity index (χ2n) is 6.13. The largest absolute Gasteiger partial charge is 0.488 e. The van der Waals surface area contributed by atoms with E-state index in [1.807, 2.05) is 37.2 Å². The number of benzene rings is 3. The molecule has 0 aliphatic heterocycles. The number of hydrogen-bond acceptors (Lipinski definition) is 5. The van der Waals surface area contributed by atoms with Crippen molar-refractivity contribution in [1.82, 2.24) is 0 Å². The predicted octanol–water partition coefficient (Wildman–Crippen LogP) is 1.81. The molecule has 0 fully saturated rings. The molecule has 0 aromatic heterocycles. The van der Waals surface area contributed by atoms with Crippen molar-refractivity contribution in [3.63, 3.8) is 0 Å². The third-order valence-electron chi connectivity index (χ3n) is 4.07. The second kappa shape index (κ2) is 8.18. The summed E-state index contributed by atoms with van der Waals surface area (Å²) in [6.07, 6.45) is 0. The van der Waals surface area contributed by atoms with E-state index < -0.39 is 17.1 Å². The summed E-state index contributed by atoms with van der Waals surface area (Å²) in [4.78, 5) is 2.09. The summed E-state index contributed by atoms with van der Waals surface area (Å²) < 4.78 is 28.4. The van der Waals surface area contributed by atoms with Crippen LogP contribution >= 0.6 is 12.4 Å². The van der Waals surface area contributed by atoms with Crippen molar-refractivity contribution < 1.29 is 18.5 Å². The van der Waals surface area contributed by atoms with Crippen molar-refractivity contribution in [1.29, 1.82) is 0 Å². The van der Waals surface area contributed by atoms with Gasteiger partial charge in [-0.1, -0.05) is 36.4 Å². The number of fused-ring (bicyclic) bond motifs is 1. The third-order valence-corrected chi connectivity index (χ3v) is 5.51. The van der Waals surface area contributed by atoms with Gasteiger partial charge in [-0.3, -0.25) is 4.72 Å². The van der Waals surface area contributed by atoms with Crippen molar-refractivity contribution in [2.45, 2.75) is 4.90 Å². The Balaban J connectivity index is 0.00000261. The number of sulfonamides is 1. The first-order chi connectivity index (χ1) is 12.3. The van der Waals surface area contributed by atoms with Gasteiger partial charge in [0.2, 0.25) is 0 Å². The molecule has 0 radical (unpaired) electrons. The minimum absolute atomic E-state index is 0. The van der Waals surface area contributed by atoms with Crippen molar-refractivity contribution >= 4 is 57.2 Å². The molecule has 3 aromatic carbocycles. The van der Waals surface area contributed by atoms with Gasteiger partial charge >= 0.3 is 7.12 Å². The first kappa shape index (κ1) is 21.0. The van der Waals surface area contributed by atoms with Crippen LogP contribution in [-0.2, 0) is 10.0 Å². The van der Waals surface area contributed by atoms with Crippen LogP contribution in [0.2, 0.25) is 0 Å². The van der Waals surface area contributed by atoms with Crippen molar-refractivity contribution in [2.24, 2.45) is 0 Å². The highest BCUT2D eigenvalue weighted by atomic mass is 35.5. The number of nitrogens with one attached hydrogen (secondary N) is 1. The van der Waals surface area contributed by atoms with Crippen LogP contribution < -0.4 is 15.1 Å². The van der Waals surface area contributed by atoms with E-state index in [0.717, 1.165) is 11.1 Å². The zero-order valence-corrected chi connectivity index (χ0v) is 16.5.